The summed E-state index contributed by atoms with van der Waals surface area (Å²) in [6.07, 6.45) is 7.29. The van der Waals surface area contributed by atoms with E-state index >= 15 is 8.78 Å². The Balaban J connectivity index is 1.20. The summed E-state index contributed by atoms with van der Waals surface area (Å²) < 4.78 is 57.4. The van der Waals surface area contributed by atoms with E-state index in [1.807, 2.05) is 0 Å². The number of hydrogen-bond acceptors (Lipinski definition) is 11. The van der Waals surface area contributed by atoms with Gasteiger partial charge in [-0.2, -0.15) is 4.98 Å². The summed E-state index contributed by atoms with van der Waals surface area (Å²) in [6.45, 7) is 5.29. The van der Waals surface area contributed by atoms with Crippen LogP contribution >= 0.6 is 15.9 Å². The van der Waals surface area contributed by atoms with E-state index in [0.717, 1.165) is 49.6 Å². The fourth-order valence-electron chi connectivity index (χ4n) is 5.96. The molecule has 0 atom stereocenters. The molecule has 0 bridgehead atoms. The quantitative estimate of drug-likeness (QED) is 0.267. The third-order valence-corrected chi connectivity index (χ3v) is 10.3. The molecule has 2 aromatic carbocycles. The molecular weight excluding hydrogens is 682 g/mol. The van der Waals surface area contributed by atoms with Crippen LogP contribution in [0.4, 0.5) is 43.3 Å². The summed E-state index contributed by atoms with van der Waals surface area (Å²) in [7, 11) is -0.107. The highest BCUT2D eigenvalue weighted by Gasteiger charge is 2.29. The average Bonchev–Trinajstić information content (AvgIpc) is 3.02. The van der Waals surface area contributed by atoms with Crippen LogP contribution in [0.3, 0.4) is 0 Å². The van der Waals surface area contributed by atoms with Gasteiger partial charge in [-0.3, -0.25) is 19.2 Å². The molecule has 2 aromatic heterocycles. The highest BCUT2D eigenvalue weighted by atomic mass is 79.9. The molecule has 244 valence electrons. The minimum Gasteiger partial charge on any atom is -0.367 e. The Labute approximate surface area is 275 Å². The smallest absolute Gasteiger partial charge is 0.232 e. The van der Waals surface area contributed by atoms with Crippen molar-refractivity contribution < 1.29 is 17.2 Å². The van der Waals surface area contributed by atoms with Crippen LogP contribution < -0.4 is 19.8 Å². The first-order valence-corrected chi connectivity index (χ1v) is 17.5. The number of nitrogens with one attached hydrogen (secondary N) is 2. The van der Waals surface area contributed by atoms with Gasteiger partial charge in [0.2, 0.25) is 16.0 Å². The van der Waals surface area contributed by atoms with Gasteiger partial charge in [-0.15, -0.1) is 0 Å². The number of fused-ring (bicyclic) bond motifs is 1. The zero-order valence-corrected chi connectivity index (χ0v) is 28.1. The van der Waals surface area contributed by atoms with E-state index < -0.39 is 21.7 Å². The number of piperazine rings is 1. The summed E-state index contributed by atoms with van der Waals surface area (Å²) in [4.78, 5) is 24.0. The Bertz CT molecular complexity index is 1830. The number of benzene rings is 2. The van der Waals surface area contributed by atoms with Gasteiger partial charge in [-0.1, -0.05) is 0 Å². The van der Waals surface area contributed by atoms with E-state index in [0.29, 0.717) is 40.3 Å². The van der Waals surface area contributed by atoms with E-state index in [1.54, 1.807) is 17.0 Å². The number of halogens is 3. The molecule has 16 heteroatoms. The molecular formula is C30H35BrF2N10O2S. The van der Waals surface area contributed by atoms with Crippen molar-refractivity contribution in [2.24, 2.45) is 0 Å². The van der Waals surface area contributed by atoms with Crippen LogP contribution in [-0.2, 0) is 10.0 Å². The minimum absolute atomic E-state index is 0.0246. The molecule has 0 saturated carbocycles. The van der Waals surface area contributed by atoms with Crippen molar-refractivity contribution in [2.45, 2.75) is 18.9 Å². The lowest BCUT2D eigenvalue weighted by atomic mass is 10.0. The maximum Gasteiger partial charge on any atom is 0.232 e. The van der Waals surface area contributed by atoms with Crippen LogP contribution in [-0.4, -0.2) is 104 Å². The van der Waals surface area contributed by atoms with E-state index in [2.05, 4.69) is 63.3 Å². The van der Waals surface area contributed by atoms with Crippen molar-refractivity contribution in [3.05, 3.63) is 59.0 Å². The minimum atomic E-state index is -3.66. The highest BCUT2D eigenvalue weighted by Crippen LogP contribution is 2.37. The molecule has 46 heavy (non-hydrogen) atoms. The zero-order chi connectivity index (χ0) is 32.6. The van der Waals surface area contributed by atoms with E-state index in [9.17, 15) is 8.42 Å². The number of rotatable bonds is 8. The van der Waals surface area contributed by atoms with Crippen molar-refractivity contribution in [2.75, 3.05) is 79.5 Å². The Morgan fingerprint density at radius 3 is 2.30 bits per heavy atom. The summed E-state index contributed by atoms with van der Waals surface area (Å²) in [5.74, 6) is -0.975. The van der Waals surface area contributed by atoms with Gasteiger partial charge in [0, 0.05) is 76.6 Å². The lowest BCUT2D eigenvalue weighted by Gasteiger charge is -2.42. The molecule has 12 nitrogen and oxygen atoms in total. The van der Waals surface area contributed by atoms with Crippen molar-refractivity contribution in [1.82, 2.24) is 29.7 Å². The van der Waals surface area contributed by atoms with Gasteiger partial charge in [0.05, 0.1) is 21.9 Å². The standard InChI is InChI=1S/C30H35BrF2N10O2S/c1-40-12-14-42(15-13-40)20-6-10-43(11-7-20)27-22(32)16-19(17-23(27)33)37-30-36-18-21(31)29(39-30)38-25-5-4-24-26(35-9-8-34-24)28(25)41(2)46(3,44)45/h4-5,8-9,16-18,20H,6-7,10-15H2,1-3H3,(H2,36,37,38,39). The fraction of sp³-hybridized carbons (Fsp3) is 0.400. The van der Waals surface area contributed by atoms with Gasteiger partial charge in [-0.25, -0.2) is 22.2 Å². The summed E-state index contributed by atoms with van der Waals surface area (Å²) >= 11 is 3.43. The van der Waals surface area contributed by atoms with Crippen LogP contribution in [0.2, 0.25) is 0 Å². The Morgan fingerprint density at radius 2 is 1.63 bits per heavy atom. The lowest BCUT2D eigenvalue weighted by molar-refractivity contribution is 0.0980. The largest absolute Gasteiger partial charge is 0.367 e. The molecule has 2 aliphatic rings. The first kappa shape index (κ1) is 32.2. The third kappa shape index (κ3) is 6.84. The monoisotopic (exact) mass is 716 g/mol. The highest BCUT2D eigenvalue weighted by molar-refractivity contribution is 9.10. The van der Waals surface area contributed by atoms with Crippen LogP contribution in [0.1, 0.15) is 12.8 Å². The lowest BCUT2D eigenvalue weighted by Crippen LogP contribution is -2.52. The summed E-state index contributed by atoms with van der Waals surface area (Å²) in [5.41, 5.74) is 1.68. The number of piperidine rings is 1. The van der Waals surface area contributed by atoms with Gasteiger partial charge in [-0.05, 0) is 60.1 Å². The number of likely N-dealkylation sites (N-methyl/N-ethyl adjacent to an activating group) is 1. The van der Waals surface area contributed by atoms with E-state index in [-0.39, 0.29) is 28.8 Å². The molecule has 0 radical (unpaired) electrons. The maximum absolute atomic E-state index is 15.4. The van der Waals surface area contributed by atoms with Crippen LogP contribution in [0.15, 0.2) is 47.3 Å². The molecule has 6 rings (SSSR count). The normalized spacial score (nSPS) is 17.0. The Kier molecular flexibility index (Phi) is 9.23. The number of aromatic nitrogens is 4. The van der Waals surface area contributed by atoms with Crippen LogP contribution in [0.25, 0.3) is 11.0 Å². The topological polar surface area (TPSA) is 123 Å². The Hall–Kier alpha value is -3.73. The average molecular weight is 718 g/mol. The molecule has 0 unspecified atom stereocenters. The zero-order valence-electron chi connectivity index (χ0n) is 25.7. The van der Waals surface area contributed by atoms with Gasteiger partial charge in [0.1, 0.15) is 22.7 Å². The molecule has 2 N–H and O–H groups in total. The first-order chi connectivity index (χ1) is 22.0. The van der Waals surface area contributed by atoms with Crippen LogP contribution in [0, 0.1) is 11.6 Å². The summed E-state index contributed by atoms with van der Waals surface area (Å²) in [6, 6.07) is 6.29. The molecule has 2 aliphatic heterocycles. The number of hydrogen-bond donors (Lipinski definition) is 2. The second kappa shape index (κ2) is 13.2. The Morgan fingerprint density at radius 1 is 0.957 bits per heavy atom. The number of nitrogens with zero attached hydrogens (tertiary/aromatic N) is 8. The molecule has 0 amide bonds. The van der Waals surface area contributed by atoms with Crippen LogP contribution in [0.5, 0.6) is 0 Å². The number of anilines is 6. The predicted octanol–water partition coefficient (Wildman–Crippen LogP) is 4.56. The van der Waals surface area contributed by atoms with E-state index in [1.165, 1.54) is 37.8 Å². The van der Waals surface area contributed by atoms with E-state index in [4.69, 9.17) is 0 Å². The van der Waals surface area contributed by atoms with Gasteiger partial charge >= 0.3 is 0 Å². The predicted molar refractivity (Wildman–Crippen MR) is 180 cm³/mol. The fourth-order valence-corrected chi connectivity index (χ4v) is 6.77. The molecule has 4 aromatic rings. The molecule has 2 fully saturated rings. The van der Waals surface area contributed by atoms with Gasteiger partial charge < -0.3 is 20.4 Å². The van der Waals surface area contributed by atoms with Crippen molar-refractivity contribution in [3.63, 3.8) is 0 Å². The van der Waals surface area contributed by atoms with Crippen molar-refractivity contribution in [1.29, 1.82) is 0 Å². The van der Waals surface area contributed by atoms with Gasteiger partial charge in [0.25, 0.3) is 0 Å². The molecule has 0 aliphatic carbocycles. The van der Waals surface area contributed by atoms with Crippen molar-refractivity contribution in [3.8, 4) is 0 Å². The van der Waals surface area contributed by atoms with Gasteiger partial charge in [0.15, 0.2) is 11.6 Å². The molecule has 2 saturated heterocycles. The second-order valence-electron chi connectivity index (χ2n) is 11.6. The second-order valence-corrected chi connectivity index (χ2v) is 14.5. The van der Waals surface area contributed by atoms with Crippen molar-refractivity contribution >= 4 is 71.5 Å². The maximum atomic E-state index is 15.4. The number of sulfonamides is 1. The summed E-state index contributed by atoms with van der Waals surface area (Å²) in [5, 5.41) is 6.04. The SMILES string of the molecule is CN1CCN(C2CCN(c3c(F)cc(Nc4ncc(Br)c(Nc5ccc6nccnc6c5N(C)S(C)(=O)=O)n4)cc3F)CC2)CC1. The molecule has 0 spiro atoms. The third-order valence-electron chi connectivity index (χ3n) is 8.53. The molecule has 4 heterocycles. The first-order valence-electron chi connectivity index (χ1n) is 14.9.